The first kappa shape index (κ1) is 20.4. The van der Waals surface area contributed by atoms with Crippen molar-refractivity contribution in [1.29, 1.82) is 0 Å². The van der Waals surface area contributed by atoms with Crippen molar-refractivity contribution < 1.29 is 51.6 Å². The van der Waals surface area contributed by atoms with Crippen LogP contribution in [0.1, 0.15) is 0 Å². The standard InChI is InChI=1S/C16H13F2NO3S2.Na/c1-24(21,22)19-13-6-9-2-4-14(20)11(9)8-16(13)23-15-5-3-10(17)7-12(15)18;/h2-9,11,19H,1H3;/q;+1. The SMILES string of the molecule is CS(=O)(=O)NC1=CC2C=CC(=O)C2C=C1Sc1ccc(F)cc1F.[Na+]. The van der Waals surface area contributed by atoms with Crippen molar-refractivity contribution in [3.05, 3.63) is 64.7 Å². The van der Waals surface area contributed by atoms with Crippen LogP contribution in [0.25, 0.3) is 0 Å². The Hall–Kier alpha value is -0.930. The second-order valence-electron chi connectivity index (χ2n) is 5.53. The van der Waals surface area contributed by atoms with Crippen molar-refractivity contribution in [3.8, 4) is 0 Å². The van der Waals surface area contributed by atoms with Gasteiger partial charge in [0.15, 0.2) is 5.78 Å². The van der Waals surface area contributed by atoms with Gasteiger partial charge in [0.2, 0.25) is 10.0 Å². The zero-order valence-electron chi connectivity index (χ0n) is 13.5. The number of sulfonamides is 1. The van der Waals surface area contributed by atoms with Gasteiger partial charge < -0.3 is 0 Å². The number of thioether (sulfide) groups is 1. The summed E-state index contributed by atoms with van der Waals surface area (Å²) in [5, 5.41) is 0. The average molecular weight is 392 g/mol. The molecule has 2 unspecified atom stereocenters. The van der Waals surface area contributed by atoms with E-state index in [-0.39, 0.29) is 51.9 Å². The fraction of sp³-hybridized carbons (Fsp3) is 0.188. The van der Waals surface area contributed by atoms with E-state index >= 15 is 0 Å². The largest absolute Gasteiger partial charge is 1.00 e. The molecule has 0 fully saturated rings. The molecule has 3 rings (SSSR count). The summed E-state index contributed by atoms with van der Waals surface area (Å²) < 4.78 is 52.4. The van der Waals surface area contributed by atoms with Crippen LogP contribution in [0.3, 0.4) is 0 Å². The van der Waals surface area contributed by atoms with Gasteiger partial charge in [0.1, 0.15) is 11.6 Å². The minimum absolute atomic E-state index is 0. The van der Waals surface area contributed by atoms with Gasteiger partial charge in [0, 0.05) is 21.8 Å². The van der Waals surface area contributed by atoms with Gasteiger partial charge in [-0.05, 0) is 18.2 Å². The Morgan fingerprint density at radius 2 is 1.92 bits per heavy atom. The van der Waals surface area contributed by atoms with E-state index in [1.807, 2.05) is 0 Å². The Labute approximate surface area is 170 Å². The summed E-state index contributed by atoms with van der Waals surface area (Å²) in [6.45, 7) is 0. The normalized spacial score (nSPS) is 22.0. The van der Waals surface area contributed by atoms with E-state index < -0.39 is 27.6 Å². The van der Waals surface area contributed by atoms with Crippen LogP contribution < -0.4 is 34.3 Å². The number of halogens is 2. The van der Waals surface area contributed by atoms with E-state index in [0.717, 1.165) is 30.2 Å². The molecule has 2 aliphatic rings. The maximum Gasteiger partial charge on any atom is 1.00 e. The molecular formula is C16H13F2NNaO3S2+. The third kappa shape index (κ3) is 4.83. The molecule has 126 valence electrons. The molecule has 2 aliphatic carbocycles. The number of hydrogen-bond acceptors (Lipinski definition) is 4. The molecule has 1 aromatic rings. The fourth-order valence-corrected chi connectivity index (χ4v) is 4.17. The molecule has 0 amide bonds. The Bertz CT molecular complexity index is 910. The number of benzene rings is 1. The Kier molecular flexibility index (Phi) is 6.32. The summed E-state index contributed by atoms with van der Waals surface area (Å²) >= 11 is 0.944. The van der Waals surface area contributed by atoms with Gasteiger partial charge in [0.25, 0.3) is 0 Å². The molecule has 0 spiro atoms. The molecule has 2 atom stereocenters. The quantitative estimate of drug-likeness (QED) is 0.719. The molecule has 25 heavy (non-hydrogen) atoms. The maximum absolute atomic E-state index is 13.9. The van der Waals surface area contributed by atoms with Crippen LogP contribution in [0.5, 0.6) is 0 Å². The van der Waals surface area contributed by atoms with Crippen molar-refractivity contribution in [1.82, 2.24) is 4.72 Å². The number of rotatable bonds is 4. The number of ketones is 1. The molecule has 0 radical (unpaired) electrons. The monoisotopic (exact) mass is 392 g/mol. The molecule has 1 N–H and O–H groups in total. The number of allylic oxidation sites excluding steroid dienone is 4. The number of carbonyl (C=O) groups excluding carboxylic acids is 1. The van der Waals surface area contributed by atoms with Gasteiger partial charge in [-0.15, -0.1) is 0 Å². The Morgan fingerprint density at radius 3 is 2.56 bits per heavy atom. The molecule has 4 nitrogen and oxygen atoms in total. The van der Waals surface area contributed by atoms with E-state index in [1.165, 1.54) is 12.1 Å². The molecule has 9 heteroatoms. The van der Waals surface area contributed by atoms with Crippen molar-refractivity contribution >= 4 is 27.6 Å². The van der Waals surface area contributed by atoms with E-state index in [1.54, 1.807) is 18.2 Å². The molecule has 0 saturated heterocycles. The van der Waals surface area contributed by atoms with Gasteiger partial charge in [-0.2, -0.15) is 0 Å². The molecule has 0 saturated carbocycles. The third-order valence-corrected chi connectivity index (χ3v) is 5.31. The van der Waals surface area contributed by atoms with Crippen molar-refractivity contribution in [2.45, 2.75) is 4.90 Å². The van der Waals surface area contributed by atoms with Crippen LogP contribution in [0.4, 0.5) is 8.78 Å². The number of hydrogen-bond donors (Lipinski definition) is 1. The van der Waals surface area contributed by atoms with E-state index in [9.17, 15) is 22.0 Å². The van der Waals surface area contributed by atoms with Gasteiger partial charge in [-0.25, -0.2) is 17.2 Å². The number of fused-ring (bicyclic) bond motifs is 1. The molecule has 0 bridgehead atoms. The second kappa shape index (κ2) is 7.75. The van der Waals surface area contributed by atoms with Crippen molar-refractivity contribution in [3.63, 3.8) is 0 Å². The first-order chi connectivity index (χ1) is 11.2. The van der Waals surface area contributed by atoms with Crippen LogP contribution in [0.2, 0.25) is 0 Å². The Morgan fingerprint density at radius 1 is 1.20 bits per heavy atom. The van der Waals surface area contributed by atoms with Crippen LogP contribution in [0.15, 0.2) is 58.0 Å². The van der Waals surface area contributed by atoms with E-state index in [2.05, 4.69) is 4.72 Å². The predicted octanol–water partition coefficient (Wildman–Crippen LogP) is -0.237. The summed E-state index contributed by atoms with van der Waals surface area (Å²) in [7, 11) is -3.54. The number of nitrogens with one attached hydrogen (secondary N) is 1. The van der Waals surface area contributed by atoms with Gasteiger partial charge >= 0.3 is 29.6 Å². The smallest absolute Gasteiger partial charge is 0.294 e. The zero-order chi connectivity index (χ0) is 17.5. The predicted molar refractivity (Wildman–Crippen MR) is 87.5 cm³/mol. The summed E-state index contributed by atoms with van der Waals surface area (Å²) in [5.41, 5.74) is 0.284. The van der Waals surface area contributed by atoms with Gasteiger partial charge in [-0.1, -0.05) is 30.0 Å². The Balaban J connectivity index is 0.00000225. The summed E-state index contributed by atoms with van der Waals surface area (Å²) in [5.74, 6) is -2.20. The minimum Gasteiger partial charge on any atom is -0.294 e. The summed E-state index contributed by atoms with van der Waals surface area (Å²) in [6.07, 6.45) is 7.42. The van der Waals surface area contributed by atoms with Gasteiger partial charge in [-0.3, -0.25) is 9.52 Å². The molecule has 0 aromatic heterocycles. The fourth-order valence-electron chi connectivity index (χ4n) is 2.56. The van der Waals surface area contributed by atoms with Crippen LogP contribution in [0, 0.1) is 23.5 Å². The van der Waals surface area contributed by atoms with Crippen LogP contribution in [-0.4, -0.2) is 20.5 Å². The topological polar surface area (TPSA) is 63.2 Å². The van der Waals surface area contributed by atoms with Crippen LogP contribution >= 0.6 is 11.8 Å². The average Bonchev–Trinajstić information content (AvgIpc) is 2.81. The van der Waals surface area contributed by atoms with Crippen molar-refractivity contribution in [2.75, 3.05) is 6.26 Å². The number of carbonyl (C=O) groups is 1. The van der Waals surface area contributed by atoms with Gasteiger partial charge in [0.05, 0.1) is 17.9 Å². The van der Waals surface area contributed by atoms with E-state index in [4.69, 9.17) is 0 Å². The van der Waals surface area contributed by atoms with Crippen LogP contribution in [-0.2, 0) is 14.8 Å². The third-order valence-electron chi connectivity index (χ3n) is 3.59. The second-order valence-corrected chi connectivity index (χ2v) is 8.36. The van der Waals surface area contributed by atoms with Crippen molar-refractivity contribution in [2.24, 2.45) is 11.8 Å². The van der Waals surface area contributed by atoms with E-state index in [0.29, 0.717) is 4.91 Å². The maximum atomic E-state index is 13.9. The molecule has 0 heterocycles. The zero-order valence-corrected chi connectivity index (χ0v) is 17.1. The first-order valence-corrected chi connectivity index (χ1v) is 9.70. The molecule has 0 aliphatic heterocycles. The minimum atomic E-state index is -3.54. The molecule has 1 aromatic carbocycles. The summed E-state index contributed by atoms with van der Waals surface area (Å²) in [6, 6.07) is 3.15. The first-order valence-electron chi connectivity index (χ1n) is 7.00. The summed E-state index contributed by atoms with van der Waals surface area (Å²) in [4.78, 5) is 12.4. The molecular weight excluding hydrogens is 379 g/mol.